The minimum absolute atomic E-state index is 0.0573. The topological polar surface area (TPSA) is 125 Å². The van der Waals surface area contributed by atoms with Gasteiger partial charge in [0.2, 0.25) is 0 Å². The lowest BCUT2D eigenvalue weighted by atomic mass is 9.79. The number of amidine groups is 1. The molecule has 5 heterocycles. The van der Waals surface area contributed by atoms with Gasteiger partial charge in [-0.2, -0.15) is 0 Å². The fourth-order valence-electron chi connectivity index (χ4n) is 8.06. The number of aromatic nitrogens is 3. The van der Waals surface area contributed by atoms with E-state index in [1.54, 1.807) is 0 Å². The molecule has 268 valence electrons. The first kappa shape index (κ1) is 34.3. The van der Waals surface area contributed by atoms with Crippen molar-refractivity contribution in [1.82, 2.24) is 30.1 Å². The molecular weight excluding hydrogens is 630 g/mol. The molecule has 3 fully saturated rings. The number of carbonyl (C=O) groups excluding carboxylic acids is 2. The number of aromatic amines is 1. The summed E-state index contributed by atoms with van der Waals surface area (Å²) in [5.41, 5.74) is 3.50. The summed E-state index contributed by atoms with van der Waals surface area (Å²) in [6.07, 6.45) is 9.46. The number of pyridine rings is 1. The normalized spacial score (nSPS) is 25.9. The van der Waals surface area contributed by atoms with Gasteiger partial charge in [0.1, 0.15) is 22.9 Å². The Hall–Kier alpha value is -4.15. The predicted octanol–water partition coefficient (Wildman–Crippen LogP) is 7.91. The minimum atomic E-state index is -0.523. The van der Waals surface area contributed by atoms with Gasteiger partial charge in [-0.05, 0) is 117 Å². The zero-order valence-corrected chi connectivity index (χ0v) is 30.5. The van der Waals surface area contributed by atoms with Crippen LogP contribution in [0.5, 0.6) is 0 Å². The maximum absolute atomic E-state index is 12.9. The van der Waals surface area contributed by atoms with Crippen molar-refractivity contribution in [3.63, 3.8) is 0 Å². The average Bonchev–Trinajstić information content (AvgIpc) is 3.88. The van der Waals surface area contributed by atoms with E-state index in [2.05, 4.69) is 40.6 Å². The third kappa shape index (κ3) is 7.47. The number of benzene rings is 1. The van der Waals surface area contributed by atoms with Gasteiger partial charge >= 0.3 is 12.2 Å². The number of likely N-dealkylation sites (tertiary alicyclic amines) is 2. The highest BCUT2D eigenvalue weighted by molar-refractivity contribution is 5.92. The van der Waals surface area contributed by atoms with Crippen LogP contribution in [0.3, 0.4) is 0 Å². The first-order valence-electron chi connectivity index (χ1n) is 18.6. The summed E-state index contributed by atoms with van der Waals surface area (Å²) < 4.78 is 11.3. The van der Waals surface area contributed by atoms with E-state index in [4.69, 9.17) is 24.4 Å². The Labute approximate surface area is 295 Å². The van der Waals surface area contributed by atoms with Gasteiger partial charge in [0.15, 0.2) is 0 Å². The van der Waals surface area contributed by atoms with Crippen molar-refractivity contribution >= 4 is 28.9 Å². The van der Waals surface area contributed by atoms with Gasteiger partial charge in [-0.15, -0.1) is 0 Å². The molecule has 2 amide bonds. The Balaban J connectivity index is 0.943. The molecule has 0 spiro atoms. The van der Waals surface area contributed by atoms with Crippen LogP contribution in [0.2, 0.25) is 0 Å². The molecule has 7 rings (SSSR count). The number of rotatable bonds is 5. The standard InChI is InChI=1S/C39H53N7O4/c1-38(2,3)49-36(47)45-19-7-9-32(45)34-40-22-30(43-34)25-13-11-24(12-14-25)28-17-15-26-21-27(16-18-29(26)42-28)31-23-41-35(44-31)33-10-8-20-46(33)37(48)50-39(4,5)6/h15-18,21-22,24-25,31-33H,7-14,19-20,23H2,1-6H3,(H,40,43)(H,41,44)/t24?,25?,31?,32-,33-/m0/s1. The van der Waals surface area contributed by atoms with E-state index in [9.17, 15) is 9.59 Å². The number of amides is 2. The summed E-state index contributed by atoms with van der Waals surface area (Å²) in [6, 6.07) is 10.9. The second-order valence-electron chi connectivity index (χ2n) is 16.5. The molecule has 2 aromatic heterocycles. The van der Waals surface area contributed by atoms with Crippen LogP contribution in [0.1, 0.15) is 140 Å². The van der Waals surface area contributed by atoms with Gasteiger partial charge in [0.25, 0.3) is 0 Å². The Morgan fingerprint density at radius 2 is 1.44 bits per heavy atom. The second-order valence-corrected chi connectivity index (χ2v) is 16.5. The van der Waals surface area contributed by atoms with Gasteiger partial charge in [-0.3, -0.25) is 19.8 Å². The molecule has 11 heteroatoms. The highest BCUT2D eigenvalue weighted by Crippen LogP contribution is 2.41. The molecule has 1 aromatic carbocycles. The first-order chi connectivity index (χ1) is 23.8. The molecule has 4 aliphatic rings. The van der Waals surface area contributed by atoms with E-state index < -0.39 is 11.2 Å². The van der Waals surface area contributed by atoms with Crippen LogP contribution in [0.25, 0.3) is 10.9 Å². The lowest BCUT2D eigenvalue weighted by Crippen LogP contribution is -2.46. The highest BCUT2D eigenvalue weighted by atomic mass is 16.6. The molecule has 1 aliphatic carbocycles. The third-order valence-corrected chi connectivity index (χ3v) is 10.5. The van der Waals surface area contributed by atoms with Crippen molar-refractivity contribution in [1.29, 1.82) is 0 Å². The number of ether oxygens (including phenoxy) is 2. The molecule has 1 saturated carbocycles. The lowest BCUT2D eigenvalue weighted by molar-refractivity contribution is 0.0216. The van der Waals surface area contributed by atoms with Gasteiger partial charge in [-0.1, -0.05) is 12.1 Å². The fraction of sp³-hybridized carbons (Fsp3) is 0.615. The van der Waals surface area contributed by atoms with Gasteiger partial charge in [-0.25, -0.2) is 14.6 Å². The van der Waals surface area contributed by atoms with Crippen molar-refractivity contribution in [2.45, 2.75) is 134 Å². The van der Waals surface area contributed by atoms with Gasteiger partial charge in [0.05, 0.1) is 30.2 Å². The zero-order valence-electron chi connectivity index (χ0n) is 30.5. The number of carbonyl (C=O) groups is 2. The minimum Gasteiger partial charge on any atom is -0.444 e. The third-order valence-electron chi connectivity index (χ3n) is 10.5. The Kier molecular flexibility index (Phi) is 9.28. The Morgan fingerprint density at radius 1 is 0.800 bits per heavy atom. The van der Waals surface area contributed by atoms with Crippen LogP contribution in [-0.2, 0) is 9.47 Å². The number of hydrogen-bond donors (Lipinski definition) is 2. The molecule has 3 aromatic rings. The molecule has 3 aliphatic heterocycles. The summed E-state index contributed by atoms with van der Waals surface area (Å²) in [7, 11) is 0. The van der Waals surface area contributed by atoms with Crippen molar-refractivity contribution < 1.29 is 19.1 Å². The molecule has 3 atom stereocenters. The fourth-order valence-corrected chi connectivity index (χ4v) is 8.06. The molecule has 11 nitrogen and oxygen atoms in total. The van der Waals surface area contributed by atoms with Crippen LogP contribution in [0.15, 0.2) is 41.5 Å². The van der Waals surface area contributed by atoms with Crippen LogP contribution in [-0.4, -0.2) is 79.7 Å². The SMILES string of the molecule is CC(C)(C)OC(=O)N1CCC[C@H]1C1=NCC(c2ccc3nc(C4CCC(c5cnc([C@@H]6CCCN6C(=O)OC(C)(C)C)[nH]5)CC4)ccc3c2)N1. The molecule has 2 saturated heterocycles. The summed E-state index contributed by atoms with van der Waals surface area (Å²) >= 11 is 0. The molecule has 50 heavy (non-hydrogen) atoms. The summed E-state index contributed by atoms with van der Waals surface area (Å²) in [6.45, 7) is 13.5. The van der Waals surface area contributed by atoms with Crippen molar-refractivity contribution in [3.05, 3.63) is 59.3 Å². The summed E-state index contributed by atoms with van der Waals surface area (Å²) in [5, 5.41) is 4.75. The molecule has 1 unspecified atom stereocenters. The lowest BCUT2D eigenvalue weighted by Gasteiger charge is -2.29. The second kappa shape index (κ2) is 13.5. The number of aliphatic imine (C=N–C) groups is 1. The van der Waals surface area contributed by atoms with Gasteiger partial charge < -0.3 is 19.8 Å². The molecule has 0 bridgehead atoms. The monoisotopic (exact) mass is 683 g/mol. The quantitative estimate of drug-likeness (QED) is 0.280. The number of imidazole rings is 1. The van der Waals surface area contributed by atoms with E-state index in [1.807, 2.05) is 57.5 Å². The first-order valence-corrected chi connectivity index (χ1v) is 18.6. The number of hydrogen-bond acceptors (Lipinski definition) is 8. The van der Waals surface area contributed by atoms with Crippen LogP contribution < -0.4 is 5.32 Å². The summed E-state index contributed by atoms with van der Waals surface area (Å²) in [4.78, 5) is 47.7. The molecular formula is C39H53N7O4. The largest absolute Gasteiger partial charge is 0.444 e. The van der Waals surface area contributed by atoms with Crippen LogP contribution in [0.4, 0.5) is 9.59 Å². The number of nitrogens with zero attached hydrogens (tertiary/aromatic N) is 5. The van der Waals surface area contributed by atoms with Crippen LogP contribution in [0, 0.1) is 0 Å². The van der Waals surface area contributed by atoms with E-state index in [0.29, 0.717) is 31.5 Å². The number of nitrogens with one attached hydrogen (secondary N) is 2. The van der Waals surface area contributed by atoms with E-state index in [-0.39, 0.29) is 30.3 Å². The zero-order chi connectivity index (χ0) is 35.2. The number of fused-ring (bicyclic) bond motifs is 1. The van der Waals surface area contributed by atoms with Crippen molar-refractivity contribution in [2.24, 2.45) is 4.99 Å². The Bertz CT molecular complexity index is 1750. The maximum atomic E-state index is 12.9. The van der Waals surface area contributed by atoms with Crippen LogP contribution >= 0.6 is 0 Å². The predicted molar refractivity (Wildman–Crippen MR) is 193 cm³/mol. The highest BCUT2D eigenvalue weighted by Gasteiger charge is 2.38. The Morgan fingerprint density at radius 3 is 2.12 bits per heavy atom. The number of H-pyrrole nitrogens is 1. The van der Waals surface area contributed by atoms with Crippen molar-refractivity contribution in [2.75, 3.05) is 19.6 Å². The van der Waals surface area contributed by atoms with E-state index in [0.717, 1.165) is 73.9 Å². The molecule has 0 radical (unpaired) electrons. The van der Waals surface area contributed by atoms with Gasteiger partial charge in [0, 0.05) is 47.9 Å². The molecule has 2 N–H and O–H groups in total. The van der Waals surface area contributed by atoms with E-state index >= 15 is 0 Å². The average molecular weight is 684 g/mol. The van der Waals surface area contributed by atoms with Crippen molar-refractivity contribution in [3.8, 4) is 0 Å². The van der Waals surface area contributed by atoms with E-state index in [1.165, 1.54) is 17.0 Å². The maximum Gasteiger partial charge on any atom is 0.410 e. The smallest absolute Gasteiger partial charge is 0.410 e. The summed E-state index contributed by atoms with van der Waals surface area (Å²) in [5.74, 6) is 2.62.